The number of hydrogen-bond donors (Lipinski definition) is 2. The lowest BCUT2D eigenvalue weighted by molar-refractivity contribution is 0.811. The fourth-order valence-electron chi connectivity index (χ4n) is 2.69. The minimum atomic E-state index is 0.819. The van der Waals surface area contributed by atoms with Gasteiger partial charge in [-0.1, -0.05) is 30.3 Å². The van der Waals surface area contributed by atoms with Crippen LogP contribution in [0.1, 0.15) is 5.01 Å². The molecule has 0 saturated carbocycles. The van der Waals surface area contributed by atoms with Crippen LogP contribution < -0.4 is 5.32 Å². The molecule has 0 spiro atoms. The Labute approximate surface area is 126 Å². The van der Waals surface area contributed by atoms with Crippen LogP contribution in [-0.4, -0.2) is 17.0 Å². The van der Waals surface area contributed by atoms with Crippen molar-refractivity contribution in [2.75, 3.05) is 7.05 Å². The second-order valence-electron chi connectivity index (χ2n) is 5.09. The number of fused-ring (bicyclic) bond motifs is 3. The molecule has 0 aliphatic carbocycles. The van der Waals surface area contributed by atoms with Gasteiger partial charge in [-0.25, -0.2) is 4.98 Å². The molecule has 0 atom stereocenters. The molecule has 4 rings (SSSR count). The first-order chi connectivity index (χ1) is 10.3. The van der Waals surface area contributed by atoms with Gasteiger partial charge in [-0.15, -0.1) is 11.3 Å². The molecule has 0 radical (unpaired) electrons. The highest BCUT2D eigenvalue weighted by Crippen LogP contribution is 2.30. The third-order valence-electron chi connectivity index (χ3n) is 3.68. The third-order valence-corrected chi connectivity index (χ3v) is 4.53. The lowest BCUT2D eigenvalue weighted by Crippen LogP contribution is -2.04. The summed E-state index contributed by atoms with van der Waals surface area (Å²) < 4.78 is 0. The Bertz CT molecular complexity index is 920. The number of nitrogens with zero attached hydrogens (tertiary/aromatic N) is 1. The minimum absolute atomic E-state index is 0.819. The number of aromatic amines is 1. The number of aromatic nitrogens is 2. The van der Waals surface area contributed by atoms with E-state index >= 15 is 0 Å². The molecule has 4 aromatic rings. The van der Waals surface area contributed by atoms with Gasteiger partial charge in [0.05, 0.1) is 5.69 Å². The van der Waals surface area contributed by atoms with Crippen molar-refractivity contribution < 1.29 is 0 Å². The molecule has 21 heavy (non-hydrogen) atoms. The second kappa shape index (κ2) is 4.98. The van der Waals surface area contributed by atoms with E-state index in [-0.39, 0.29) is 0 Å². The van der Waals surface area contributed by atoms with Crippen molar-refractivity contribution in [1.82, 2.24) is 15.3 Å². The van der Waals surface area contributed by atoms with E-state index in [1.807, 2.05) is 7.05 Å². The minimum Gasteiger partial charge on any atom is -0.354 e. The van der Waals surface area contributed by atoms with Crippen LogP contribution in [0.2, 0.25) is 0 Å². The number of H-pyrrole nitrogens is 1. The van der Waals surface area contributed by atoms with Crippen LogP contribution in [0.3, 0.4) is 0 Å². The molecule has 0 aliphatic rings. The Morgan fingerprint density at radius 1 is 1.10 bits per heavy atom. The summed E-state index contributed by atoms with van der Waals surface area (Å²) in [5.74, 6) is 0. The fourth-order valence-corrected chi connectivity index (χ4v) is 3.51. The average Bonchev–Trinajstić information content (AvgIpc) is 3.11. The summed E-state index contributed by atoms with van der Waals surface area (Å²) in [7, 11) is 1.94. The molecule has 0 unspecified atom stereocenters. The van der Waals surface area contributed by atoms with Crippen LogP contribution >= 0.6 is 11.3 Å². The Kier molecular flexibility index (Phi) is 2.98. The van der Waals surface area contributed by atoms with Gasteiger partial charge < -0.3 is 10.3 Å². The lowest BCUT2D eigenvalue weighted by Gasteiger charge is -1.98. The highest BCUT2D eigenvalue weighted by Gasteiger charge is 2.08. The smallest absolute Gasteiger partial charge is 0.107 e. The maximum atomic E-state index is 4.67. The van der Waals surface area contributed by atoms with Crippen molar-refractivity contribution in [3.05, 3.63) is 52.9 Å². The van der Waals surface area contributed by atoms with Crippen molar-refractivity contribution in [1.29, 1.82) is 0 Å². The maximum absolute atomic E-state index is 4.67. The molecule has 2 aromatic carbocycles. The molecule has 3 nitrogen and oxygen atoms in total. The largest absolute Gasteiger partial charge is 0.354 e. The highest BCUT2D eigenvalue weighted by atomic mass is 32.1. The SMILES string of the molecule is CNCc1nc(-c2ccc3c(c2)[nH]c2ccccc23)cs1. The quantitative estimate of drug-likeness (QED) is 0.595. The molecule has 2 aromatic heterocycles. The number of hydrogen-bond acceptors (Lipinski definition) is 3. The van der Waals surface area contributed by atoms with Crippen molar-refractivity contribution in [3.8, 4) is 11.3 Å². The van der Waals surface area contributed by atoms with E-state index in [2.05, 4.69) is 63.1 Å². The van der Waals surface area contributed by atoms with E-state index in [1.165, 1.54) is 16.3 Å². The van der Waals surface area contributed by atoms with E-state index in [4.69, 9.17) is 0 Å². The molecular weight excluding hydrogens is 278 g/mol. The van der Waals surface area contributed by atoms with Gasteiger partial charge in [-0.2, -0.15) is 0 Å². The summed E-state index contributed by atoms with van der Waals surface area (Å²) in [6, 6.07) is 14.9. The third kappa shape index (κ3) is 2.13. The lowest BCUT2D eigenvalue weighted by atomic mass is 10.1. The molecule has 0 aliphatic heterocycles. The topological polar surface area (TPSA) is 40.7 Å². The Balaban J connectivity index is 1.84. The number of benzene rings is 2. The van der Waals surface area contributed by atoms with Crippen LogP contribution in [0.4, 0.5) is 0 Å². The zero-order valence-electron chi connectivity index (χ0n) is 11.7. The van der Waals surface area contributed by atoms with Gasteiger partial charge >= 0.3 is 0 Å². The number of para-hydroxylation sites is 1. The molecule has 2 heterocycles. The first kappa shape index (κ1) is 12.6. The van der Waals surface area contributed by atoms with E-state index in [9.17, 15) is 0 Å². The first-order valence-corrected chi connectivity index (χ1v) is 7.83. The monoisotopic (exact) mass is 293 g/mol. The number of nitrogens with one attached hydrogen (secondary N) is 2. The number of rotatable bonds is 3. The number of thiazole rings is 1. The maximum Gasteiger partial charge on any atom is 0.107 e. The fraction of sp³-hybridized carbons (Fsp3) is 0.118. The molecule has 4 heteroatoms. The Morgan fingerprint density at radius 3 is 2.86 bits per heavy atom. The Hall–Kier alpha value is -2.17. The highest BCUT2D eigenvalue weighted by molar-refractivity contribution is 7.09. The van der Waals surface area contributed by atoms with Gasteiger partial charge in [0.15, 0.2) is 0 Å². The van der Waals surface area contributed by atoms with Crippen molar-refractivity contribution >= 4 is 33.1 Å². The van der Waals surface area contributed by atoms with Crippen molar-refractivity contribution in [2.24, 2.45) is 0 Å². The molecule has 0 bridgehead atoms. The van der Waals surface area contributed by atoms with Crippen molar-refractivity contribution in [3.63, 3.8) is 0 Å². The summed E-state index contributed by atoms with van der Waals surface area (Å²) in [6.07, 6.45) is 0. The van der Waals surface area contributed by atoms with Crippen LogP contribution in [0.15, 0.2) is 47.8 Å². The van der Waals surface area contributed by atoms with Crippen LogP contribution in [0, 0.1) is 0 Å². The summed E-state index contributed by atoms with van der Waals surface area (Å²) >= 11 is 1.70. The first-order valence-electron chi connectivity index (χ1n) is 6.95. The zero-order chi connectivity index (χ0) is 14.2. The predicted octanol–water partition coefficient (Wildman–Crippen LogP) is 4.16. The normalized spacial score (nSPS) is 11.5. The van der Waals surface area contributed by atoms with Crippen LogP contribution in [0.25, 0.3) is 33.1 Å². The van der Waals surface area contributed by atoms with Gasteiger partial charge in [-0.05, 0) is 19.2 Å². The van der Waals surface area contributed by atoms with E-state index in [0.29, 0.717) is 0 Å². The standard InChI is InChI=1S/C17H15N3S/c1-18-9-17-20-16(10-21-17)11-6-7-13-12-4-2-3-5-14(12)19-15(13)8-11/h2-8,10,18-19H,9H2,1H3. The van der Waals surface area contributed by atoms with E-state index in [1.54, 1.807) is 11.3 Å². The summed E-state index contributed by atoms with van der Waals surface area (Å²) in [5, 5.41) is 8.91. The average molecular weight is 293 g/mol. The van der Waals surface area contributed by atoms with Gasteiger partial charge in [0.25, 0.3) is 0 Å². The van der Waals surface area contributed by atoms with Gasteiger partial charge in [0.1, 0.15) is 5.01 Å². The van der Waals surface area contributed by atoms with Crippen LogP contribution in [-0.2, 0) is 6.54 Å². The van der Waals surface area contributed by atoms with Crippen LogP contribution in [0.5, 0.6) is 0 Å². The predicted molar refractivity (Wildman–Crippen MR) is 89.7 cm³/mol. The van der Waals surface area contributed by atoms with E-state index < -0.39 is 0 Å². The molecule has 104 valence electrons. The Morgan fingerprint density at radius 2 is 1.95 bits per heavy atom. The molecular formula is C17H15N3S. The molecule has 0 fully saturated rings. The summed E-state index contributed by atoms with van der Waals surface area (Å²) in [4.78, 5) is 8.16. The van der Waals surface area contributed by atoms with E-state index in [0.717, 1.165) is 28.3 Å². The van der Waals surface area contributed by atoms with Gasteiger partial charge in [0.2, 0.25) is 0 Å². The van der Waals surface area contributed by atoms with Gasteiger partial charge in [-0.3, -0.25) is 0 Å². The second-order valence-corrected chi connectivity index (χ2v) is 6.03. The summed E-state index contributed by atoms with van der Waals surface area (Å²) in [6.45, 7) is 0.819. The molecule has 0 amide bonds. The molecule has 0 saturated heterocycles. The molecule has 2 N–H and O–H groups in total. The van der Waals surface area contributed by atoms with Gasteiger partial charge in [0, 0.05) is 39.3 Å². The van der Waals surface area contributed by atoms with Crippen molar-refractivity contribution in [2.45, 2.75) is 6.54 Å². The summed E-state index contributed by atoms with van der Waals surface area (Å²) in [5.41, 5.74) is 4.55. The zero-order valence-corrected chi connectivity index (χ0v) is 12.5.